The molecule has 0 unspecified atom stereocenters. The number of nitrogens with zero attached hydrogens (tertiary/aromatic N) is 4. The van der Waals surface area contributed by atoms with Crippen molar-refractivity contribution in [1.29, 1.82) is 0 Å². The molecule has 7 nitrogen and oxygen atoms in total. The van der Waals surface area contributed by atoms with Crippen molar-refractivity contribution >= 4 is 17.5 Å². The number of amides is 1. The molecule has 4 rings (SSSR count). The van der Waals surface area contributed by atoms with Gasteiger partial charge in [-0.3, -0.25) is 9.59 Å². The molecule has 0 saturated heterocycles. The summed E-state index contributed by atoms with van der Waals surface area (Å²) in [6, 6.07) is 5.89. The van der Waals surface area contributed by atoms with Gasteiger partial charge in [0.15, 0.2) is 0 Å². The Morgan fingerprint density at radius 2 is 2.00 bits per heavy atom. The van der Waals surface area contributed by atoms with Crippen molar-refractivity contribution < 1.29 is 4.79 Å². The van der Waals surface area contributed by atoms with Gasteiger partial charge in [-0.25, -0.2) is 4.68 Å². The molecule has 3 heterocycles. The second kappa shape index (κ2) is 8.30. The molecule has 1 amide bonds. The van der Waals surface area contributed by atoms with Gasteiger partial charge in [-0.15, -0.1) is 5.10 Å². The van der Waals surface area contributed by atoms with E-state index in [1.165, 1.54) is 0 Å². The zero-order chi connectivity index (χ0) is 22.3. The number of carbonyl (C=O) groups is 1. The summed E-state index contributed by atoms with van der Waals surface area (Å²) in [4.78, 5) is 30.8. The minimum atomic E-state index is -0.150. The summed E-state index contributed by atoms with van der Waals surface area (Å²) >= 11 is 6.77. The lowest BCUT2D eigenvalue weighted by Crippen LogP contribution is -2.39. The monoisotopic (exact) mass is 439 g/mol. The lowest BCUT2D eigenvalue weighted by Gasteiger charge is -2.30. The molecule has 0 bridgehead atoms. The Morgan fingerprint density at radius 1 is 1.23 bits per heavy atom. The van der Waals surface area contributed by atoms with Crippen LogP contribution in [0.25, 0.3) is 11.3 Å². The number of aromatic amines is 1. The molecule has 0 spiro atoms. The second-order valence-corrected chi connectivity index (χ2v) is 8.50. The number of hydrogen-bond donors (Lipinski definition) is 1. The quantitative estimate of drug-likeness (QED) is 0.658. The van der Waals surface area contributed by atoms with E-state index >= 15 is 0 Å². The number of H-pyrrole nitrogens is 1. The highest BCUT2D eigenvalue weighted by Gasteiger charge is 2.30. The van der Waals surface area contributed by atoms with Gasteiger partial charge in [0.1, 0.15) is 0 Å². The Balaban J connectivity index is 1.73. The molecule has 1 N–H and O–H groups in total. The van der Waals surface area contributed by atoms with Crippen LogP contribution in [0.15, 0.2) is 23.0 Å². The standard InChI is InChI=1S/C23H26ClN5O2/c1-5-6-16-11-13(2)25-22(30)18(16)12-29-10-9-15-7-8-17(20(24)19(15)23(29)31)21-14(3)26-27-28(21)4/h7-8,11H,5-6,9-10,12H2,1-4H3,(H,25,30). The van der Waals surface area contributed by atoms with Gasteiger partial charge in [0.05, 0.1) is 28.5 Å². The molecular weight excluding hydrogens is 414 g/mol. The van der Waals surface area contributed by atoms with E-state index in [1.54, 1.807) is 16.6 Å². The molecule has 162 valence electrons. The molecule has 0 fully saturated rings. The molecule has 2 aromatic heterocycles. The highest BCUT2D eigenvalue weighted by atomic mass is 35.5. The van der Waals surface area contributed by atoms with E-state index in [1.807, 2.05) is 32.0 Å². The Hall–Kier alpha value is -2.93. The smallest absolute Gasteiger partial charge is 0.255 e. The first-order valence-electron chi connectivity index (χ1n) is 10.5. The maximum absolute atomic E-state index is 13.5. The largest absolute Gasteiger partial charge is 0.334 e. The van der Waals surface area contributed by atoms with E-state index in [-0.39, 0.29) is 18.0 Å². The average molecular weight is 440 g/mol. The molecular formula is C23H26ClN5O2. The molecule has 1 aliphatic rings. The van der Waals surface area contributed by atoms with Crippen LogP contribution in [0.4, 0.5) is 0 Å². The fourth-order valence-corrected chi connectivity index (χ4v) is 4.73. The van der Waals surface area contributed by atoms with Gasteiger partial charge in [-0.05, 0) is 43.9 Å². The average Bonchev–Trinajstić information content (AvgIpc) is 3.05. The number of rotatable bonds is 5. The van der Waals surface area contributed by atoms with Gasteiger partial charge in [-0.2, -0.15) is 0 Å². The number of benzene rings is 1. The van der Waals surface area contributed by atoms with Gasteiger partial charge in [0, 0.05) is 30.4 Å². The predicted molar refractivity (Wildman–Crippen MR) is 120 cm³/mol. The third-order valence-electron chi connectivity index (χ3n) is 5.86. The number of nitrogens with one attached hydrogen (secondary N) is 1. The Labute approximate surface area is 186 Å². The molecule has 8 heteroatoms. The summed E-state index contributed by atoms with van der Waals surface area (Å²) in [6.45, 7) is 6.65. The Kier molecular flexibility index (Phi) is 5.71. The van der Waals surface area contributed by atoms with Crippen molar-refractivity contribution in [3.05, 3.63) is 67.2 Å². The van der Waals surface area contributed by atoms with Crippen LogP contribution >= 0.6 is 11.6 Å². The molecule has 0 radical (unpaired) electrons. The van der Waals surface area contributed by atoms with Gasteiger partial charge in [0.2, 0.25) is 0 Å². The molecule has 1 aliphatic heterocycles. The second-order valence-electron chi connectivity index (χ2n) is 8.12. The first kappa shape index (κ1) is 21.3. The predicted octanol–water partition coefficient (Wildman–Crippen LogP) is 3.59. The molecule has 31 heavy (non-hydrogen) atoms. The van der Waals surface area contributed by atoms with Crippen molar-refractivity contribution in [2.75, 3.05) is 6.54 Å². The summed E-state index contributed by atoms with van der Waals surface area (Å²) in [5.41, 5.74) is 6.07. The zero-order valence-corrected chi connectivity index (χ0v) is 19.0. The highest BCUT2D eigenvalue weighted by Crippen LogP contribution is 2.36. The van der Waals surface area contributed by atoms with E-state index in [0.29, 0.717) is 29.1 Å². The lowest BCUT2D eigenvalue weighted by atomic mass is 9.94. The fraction of sp³-hybridized carbons (Fsp3) is 0.391. The fourth-order valence-electron chi connectivity index (χ4n) is 4.38. The molecule has 0 saturated carbocycles. The zero-order valence-electron chi connectivity index (χ0n) is 18.3. The van der Waals surface area contributed by atoms with Crippen LogP contribution in [0.1, 0.15) is 51.8 Å². The van der Waals surface area contributed by atoms with Crippen molar-refractivity contribution in [2.45, 2.75) is 46.6 Å². The van der Waals surface area contributed by atoms with Crippen molar-refractivity contribution in [2.24, 2.45) is 7.05 Å². The molecule has 1 aromatic carbocycles. The van der Waals surface area contributed by atoms with E-state index in [0.717, 1.165) is 46.6 Å². The van der Waals surface area contributed by atoms with Crippen LogP contribution in [-0.2, 0) is 26.4 Å². The van der Waals surface area contributed by atoms with Crippen LogP contribution < -0.4 is 5.56 Å². The number of fused-ring (bicyclic) bond motifs is 1. The normalized spacial score (nSPS) is 13.6. The first-order valence-corrected chi connectivity index (χ1v) is 10.9. The van der Waals surface area contributed by atoms with Crippen LogP contribution in [-0.4, -0.2) is 37.3 Å². The van der Waals surface area contributed by atoms with E-state index in [4.69, 9.17) is 11.6 Å². The van der Waals surface area contributed by atoms with Crippen molar-refractivity contribution in [3.8, 4) is 11.3 Å². The summed E-state index contributed by atoms with van der Waals surface area (Å²) in [6.07, 6.45) is 2.42. The van der Waals surface area contributed by atoms with Gasteiger partial charge < -0.3 is 9.88 Å². The van der Waals surface area contributed by atoms with Crippen molar-refractivity contribution in [1.82, 2.24) is 24.9 Å². The van der Waals surface area contributed by atoms with Gasteiger partial charge in [0.25, 0.3) is 11.5 Å². The SMILES string of the molecule is CCCc1cc(C)[nH]c(=O)c1CN1CCc2ccc(-c3c(C)nnn3C)c(Cl)c2C1=O. The minimum absolute atomic E-state index is 0.126. The number of pyridine rings is 1. The third-order valence-corrected chi connectivity index (χ3v) is 6.25. The molecule has 0 aliphatic carbocycles. The van der Waals surface area contributed by atoms with Gasteiger partial charge in [-0.1, -0.05) is 42.3 Å². The van der Waals surface area contributed by atoms with Crippen LogP contribution in [0, 0.1) is 13.8 Å². The van der Waals surface area contributed by atoms with Crippen LogP contribution in [0.2, 0.25) is 5.02 Å². The topological polar surface area (TPSA) is 83.9 Å². The summed E-state index contributed by atoms with van der Waals surface area (Å²) in [7, 11) is 1.80. The Morgan fingerprint density at radius 3 is 2.68 bits per heavy atom. The summed E-state index contributed by atoms with van der Waals surface area (Å²) in [5, 5.41) is 8.56. The van der Waals surface area contributed by atoms with E-state index in [2.05, 4.69) is 22.2 Å². The molecule has 0 atom stereocenters. The number of carbonyl (C=O) groups excluding carboxylic acids is 1. The minimum Gasteiger partial charge on any atom is -0.334 e. The maximum Gasteiger partial charge on any atom is 0.255 e. The Bertz CT molecular complexity index is 1210. The van der Waals surface area contributed by atoms with E-state index < -0.39 is 0 Å². The number of halogens is 1. The van der Waals surface area contributed by atoms with Gasteiger partial charge >= 0.3 is 0 Å². The van der Waals surface area contributed by atoms with Crippen LogP contribution in [0.3, 0.4) is 0 Å². The number of aromatic nitrogens is 4. The maximum atomic E-state index is 13.5. The number of aryl methyl sites for hydroxylation is 4. The molecule has 3 aromatic rings. The summed E-state index contributed by atoms with van der Waals surface area (Å²) in [5.74, 6) is -0.150. The summed E-state index contributed by atoms with van der Waals surface area (Å²) < 4.78 is 1.66. The lowest BCUT2D eigenvalue weighted by molar-refractivity contribution is 0.0726. The van der Waals surface area contributed by atoms with Crippen molar-refractivity contribution in [3.63, 3.8) is 0 Å². The third kappa shape index (κ3) is 3.78. The number of hydrogen-bond acceptors (Lipinski definition) is 4. The highest BCUT2D eigenvalue weighted by molar-refractivity contribution is 6.36. The first-order chi connectivity index (χ1) is 14.8. The van der Waals surface area contributed by atoms with Crippen LogP contribution in [0.5, 0.6) is 0 Å². The van der Waals surface area contributed by atoms with E-state index in [9.17, 15) is 9.59 Å².